The predicted octanol–water partition coefficient (Wildman–Crippen LogP) is 3.22. The van der Waals surface area contributed by atoms with E-state index in [-0.39, 0.29) is 0 Å². The lowest BCUT2D eigenvalue weighted by atomic mass is 10.2. The first-order valence-corrected chi connectivity index (χ1v) is 7.23. The molecule has 0 saturated heterocycles. The van der Waals surface area contributed by atoms with E-state index in [2.05, 4.69) is 71.1 Å². The molecule has 3 nitrogen and oxygen atoms in total. The number of hydrogen-bond donors (Lipinski definition) is 1. The Morgan fingerprint density at radius 3 is 2.89 bits per heavy atom. The Balaban J connectivity index is 2.05. The van der Waals surface area contributed by atoms with Crippen LogP contribution in [0, 0.1) is 9.49 Å². The van der Waals surface area contributed by atoms with Crippen molar-refractivity contribution in [1.29, 1.82) is 0 Å². The number of hydrogen-bond acceptors (Lipinski definition) is 2. The molecule has 0 radical (unpaired) electrons. The number of benzene rings is 1. The van der Waals surface area contributed by atoms with E-state index >= 15 is 0 Å². The molecule has 0 spiro atoms. The largest absolute Gasteiger partial charge is 0.312 e. The fraction of sp³-hybridized carbons (Fsp3) is 0.357. The zero-order valence-electron chi connectivity index (χ0n) is 10.7. The smallest absolute Gasteiger partial charge is 0.0649 e. The third-order valence-electron chi connectivity index (χ3n) is 2.61. The summed E-state index contributed by atoms with van der Waals surface area (Å²) in [5, 5.41) is 7.78. The maximum absolute atomic E-state index is 4.32. The maximum Gasteiger partial charge on any atom is 0.0649 e. The lowest BCUT2D eigenvalue weighted by Crippen LogP contribution is -2.19. The van der Waals surface area contributed by atoms with E-state index in [9.17, 15) is 0 Å². The van der Waals surface area contributed by atoms with Crippen molar-refractivity contribution in [2.24, 2.45) is 5.92 Å². The van der Waals surface area contributed by atoms with Gasteiger partial charge in [0.05, 0.1) is 15.5 Å². The van der Waals surface area contributed by atoms with Crippen molar-refractivity contribution < 1.29 is 0 Å². The summed E-state index contributed by atoms with van der Waals surface area (Å²) in [4.78, 5) is 0. The summed E-state index contributed by atoms with van der Waals surface area (Å²) in [6.07, 6.45) is 3.89. The summed E-state index contributed by atoms with van der Waals surface area (Å²) in [5.74, 6) is 0.681. The number of halogens is 1. The van der Waals surface area contributed by atoms with E-state index in [0.29, 0.717) is 5.92 Å². The van der Waals surface area contributed by atoms with Crippen LogP contribution in [0.25, 0.3) is 5.69 Å². The Labute approximate surface area is 122 Å². The summed E-state index contributed by atoms with van der Waals surface area (Å²) in [7, 11) is 0. The summed E-state index contributed by atoms with van der Waals surface area (Å²) >= 11 is 2.27. The minimum absolute atomic E-state index is 0.681. The molecule has 96 valence electrons. The minimum Gasteiger partial charge on any atom is -0.312 e. The Kier molecular flexibility index (Phi) is 4.77. The van der Waals surface area contributed by atoms with Crippen LogP contribution in [-0.4, -0.2) is 16.3 Å². The highest BCUT2D eigenvalue weighted by molar-refractivity contribution is 14.1. The first kappa shape index (κ1) is 13.5. The fourth-order valence-corrected chi connectivity index (χ4v) is 2.14. The Morgan fingerprint density at radius 1 is 1.39 bits per heavy atom. The average Bonchev–Trinajstić information content (AvgIpc) is 2.76. The van der Waals surface area contributed by atoms with Crippen LogP contribution in [-0.2, 0) is 6.54 Å². The van der Waals surface area contributed by atoms with Gasteiger partial charge in [-0.1, -0.05) is 26.0 Å². The second kappa shape index (κ2) is 6.33. The van der Waals surface area contributed by atoms with Gasteiger partial charge in [-0.2, -0.15) is 5.10 Å². The molecule has 1 aromatic heterocycles. The van der Waals surface area contributed by atoms with Gasteiger partial charge in [0.15, 0.2) is 0 Å². The zero-order chi connectivity index (χ0) is 13.0. The molecule has 0 aliphatic heterocycles. The van der Waals surface area contributed by atoms with E-state index in [4.69, 9.17) is 0 Å². The van der Waals surface area contributed by atoms with Crippen molar-refractivity contribution in [2.75, 3.05) is 6.54 Å². The van der Waals surface area contributed by atoms with Crippen LogP contribution < -0.4 is 5.32 Å². The lowest BCUT2D eigenvalue weighted by molar-refractivity contribution is 0.552. The van der Waals surface area contributed by atoms with Crippen molar-refractivity contribution >= 4 is 22.6 Å². The molecule has 0 aliphatic rings. The zero-order valence-corrected chi connectivity index (χ0v) is 12.9. The number of nitrogens with one attached hydrogen (secondary N) is 1. The molecular weight excluding hydrogens is 337 g/mol. The molecule has 2 aromatic rings. The highest BCUT2D eigenvalue weighted by Gasteiger charge is 2.01. The third kappa shape index (κ3) is 3.81. The van der Waals surface area contributed by atoms with Crippen molar-refractivity contribution in [3.05, 3.63) is 45.8 Å². The molecule has 1 heterocycles. The van der Waals surface area contributed by atoms with Gasteiger partial charge in [0.25, 0.3) is 0 Å². The molecule has 0 bridgehead atoms. The van der Waals surface area contributed by atoms with Crippen LogP contribution >= 0.6 is 22.6 Å². The topological polar surface area (TPSA) is 29.9 Å². The number of aromatic nitrogens is 2. The SMILES string of the molecule is CC(C)CNCc1cccc(-n2cc(I)cn2)c1. The molecule has 0 unspecified atom stereocenters. The molecule has 0 fully saturated rings. The maximum atomic E-state index is 4.32. The van der Waals surface area contributed by atoms with Gasteiger partial charge in [0.1, 0.15) is 0 Å². The summed E-state index contributed by atoms with van der Waals surface area (Å²) < 4.78 is 3.06. The lowest BCUT2D eigenvalue weighted by Gasteiger charge is -2.09. The van der Waals surface area contributed by atoms with E-state index in [1.165, 1.54) is 5.56 Å². The van der Waals surface area contributed by atoms with Crippen molar-refractivity contribution in [2.45, 2.75) is 20.4 Å². The summed E-state index contributed by atoms with van der Waals surface area (Å²) in [6.45, 7) is 6.39. The molecular formula is C14H18IN3. The van der Waals surface area contributed by atoms with Gasteiger partial charge in [-0.3, -0.25) is 0 Å². The Hall–Kier alpha value is -0.880. The van der Waals surface area contributed by atoms with Gasteiger partial charge in [-0.25, -0.2) is 4.68 Å². The van der Waals surface area contributed by atoms with Gasteiger partial charge in [0.2, 0.25) is 0 Å². The van der Waals surface area contributed by atoms with Crippen molar-refractivity contribution in [3.8, 4) is 5.69 Å². The first-order valence-electron chi connectivity index (χ1n) is 6.15. The normalized spacial score (nSPS) is 11.1. The molecule has 1 N–H and O–H groups in total. The summed E-state index contributed by atoms with van der Waals surface area (Å²) in [5.41, 5.74) is 2.40. The molecule has 0 aliphatic carbocycles. The number of nitrogens with zero attached hydrogens (tertiary/aromatic N) is 2. The van der Waals surface area contributed by atoms with Crippen LogP contribution in [0.15, 0.2) is 36.7 Å². The van der Waals surface area contributed by atoms with E-state index in [0.717, 1.165) is 22.3 Å². The fourth-order valence-electron chi connectivity index (χ4n) is 1.76. The third-order valence-corrected chi connectivity index (χ3v) is 3.16. The van der Waals surface area contributed by atoms with E-state index in [1.54, 1.807) is 0 Å². The van der Waals surface area contributed by atoms with Crippen LogP contribution in [0.3, 0.4) is 0 Å². The molecule has 0 saturated carbocycles. The first-order chi connectivity index (χ1) is 8.65. The second-order valence-electron chi connectivity index (χ2n) is 4.80. The predicted molar refractivity (Wildman–Crippen MR) is 82.8 cm³/mol. The molecule has 18 heavy (non-hydrogen) atoms. The molecule has 4 heteroatoms. The highest BCUT2D eigenvalue weighted by Crippen LogP contribution is 2.12. The van der Waals surface area contributed by atoms with Crippen LogP contribution in [0.2, 0.25) is 0 Å². The molecule has 0 amide bonds. The van der Waals surface area contributed by atoms with Crippen molar-refractivity contribution in [3.63, 3.8) is 0 Å². The Morgan fingerprint density at radius 2 is 2.22 bits per heavy atom. The average molecular weight is 355 g/mol. The second-order valence-corrected chi connectivity index (χ2v) is 6.04. The van der Waals surface area contributed by atoms with E-state index < -0.39 is 0 Å². The van der Waals surface area contributed by atoms with Gasteiger partial charge < -0.3 is 5.32 Å². The summed E-state index contributed by atoms with van der Waals surface area (Å²) in [6, 6.07) is 8.48. The molecule has 1 aromatic carbocycles. The van der Waals surface area contributed by atoms with Gasteiger partial charge in [-0.15, -0.1) is 0 Å². The van der Waals surface area contributed by atoms with Crippen LogP contribution in [0.4, 0.5) is 0 Å². The standard InChI is InChI=1S/C14H18IN3/c1-11(2)7-16-8-12-4-3-5-14(6-12)18-10-13(15)9-17-18/h3-6,9-11,16H,7-8H2,1-2H3. The number of rotatable bonds is 5. The van der Waals surface area contributed by atoms with Gasteiger partial charge >= 0.3 is 0 Å². The van der Waals surface area contributed by atoms with Crippen LogP contribution in [0.1, 0.15) is 19.4 Å². The highest BCUT2D eigenvalue weighted by atomic mass is 127. The van der Waals surface area contributed by atoms with Gasteiger partial charge in [-0.05, 0) is 52.7 Å². The quantitative estimate of drug-likeness (QED) is 0.835. The molecule has 2 rings (SSSR count). The minimum atomic E-state index is 0.681. The molecule has 0 atom stereocenters. The monoisotopic (exact) mass is 355 g/mol. The van der Waals surface area contributed by atoms with Crippen LogP contribution in [0.5, 0.6) is 0 Å². The Bertz CT molecular complexity index is 505. The van der Waals surface area contributed by atoms with Crippen molar-refractivity contribution in [1.82, 2.24) is 15.1 Å². The van der Waals surface area contributed by atoms with Gasteiger partial charge in [0, 0.05) is 12.7 Å². The van der Waals surface area contributed by atoms with E-state index in [1.807, 2.05) is 17.1 Å².